The molecule has 3 aromatic rings. The number of nitrogens with one attached hydrogen (secondary N) is 1. The van der Waals surface area contributed by atoms with E-state index in [0.29, 0.717) is 23.5 Å². The van der Waals surface area contributed by atoms with Crippen molar-refractivity contribution in [2.24, 2.45) is 0 Å². The molecule has 0 atom stereocenters. The molecule has 0 spiro atoms. The van der Waals surface area contributed by atoms with Gasteiger partial charge in [-0.2, -0.15) is 0 Å². The number of halogens is 2. The summed E-state index contributed by atoms with van der Waals surface area (Å²) in [5, 5.41) is 4.01. The molecule has 1 N–H and O–H groups in total. The van der Waals surface area contributed by atoms with Gasteiger partial charge in [0, 0.05) is 29.7 Å². The third-order valence-electron chi connectivity index (χ3n) is 5.83. The minimum absolute atomic E-state index is 0. The number of aryl methyl sites for hydroxylation is 2. The lowest BCUT2D eigenvalue weighted by Gasteiger charge is -2.18. The molecule has 2 aromatic carbocycles. The van der Waals surface area contributed by atoms with Crippen molar-refractivity contribution in [3.8, 4) is 0 Å². The van der Waals surface area contributed by atoms with Crippen molar-refractivity contribution in [2.75, 3.05) is 26.2 Å². The van der Waals surface area contributed by atoms with Crippen LogP contribution in [0.3, 0.4) is 0 Å². The van der Waals surface area contributed by atoms with Crippen LogP contribution in [0, 0.1) is 0 Å². The van der Waals surface area contributed by atoms with Crippen molar-refractivity contribution in [3.63, 3.8) is 0 Å². The van der Waals surface area contributed by atoms with Gasteiger partial charge in [-0.3, -0.25) is 9.59 Å². The second-order valence-electron chi connectivity index (χ2n) is 7.95. The quantitative estimate of drug-likeness (QED) is 0.378. The van der Waals surface area contributed by atoms with Gasteiger partial charge in [-0.25, -0.2) is 0 Å². The first kappa shape index (κ1) is 26.9. The summed E-state index contributed by atoms with van der Waals surface area (Å²) in [5.74, 6) is -0.316. The molecule has 33 heavy (non-hydrogen) atoms. The summed E-state index contributed by atoms with van der Waals surface area (Å²) in [6, 6.07) is 15.5. The zero-order valence-corrected chi connectivity index (χ0v) is 20.9. The normalized spacial score (nSPS) is 10.9. The maximum absolute atomic E-state index is 13.0. The van der Waals surface area contributed by atoms with E-state index in [9.17, 15) is 9.59 Å². The molecular formula is C26H33Cl2N3O2. The Hall–Kier alpha value is -2.34. The summed E-state index contributed by atoms with van der Waals surface area (Å²) in [4.78, 5) is 28.2. The predicted molar refractivity (Wildman–Crippen MR) is 140 cm³/mol. The molecule has 0 fully saturated rings. The number of carbonyl (C=O) groups excluding carboxylic acids is 1. The fraction of sp³-hybridized carbons (Fsp3) is 0.385. The number of hydrogen-bond acceptors (Lipinski definition) is 3. The molecule has 3 rings (SSSR count). The van der Waals surface area contributed by atoms with Crippen molar-refractivity contribution in [1.82, 2.24) is 14.8 Å². The van der Waals surface area contributed by atoms with Gasteiger partial charge in [0.05, 0.1) is 5.52 Å². The Morgan fingerprint density at radius 2 is 1.79 bits per heavy atom. The van der Waals surface area contributed by atoms with Crippen molar-refractivity contribution in [3.05, 3.63) is 81.1 Å². The second kappa shape index (κ2) is 13.4. The molecule has 0 bridgehead atoms. The van der Waals surface area contributed by atoms with E-state index in [4.69, 9.17) is 11.6 Å². The summed E-state index contributed by atoms with van der Waals surface area (Å²) >= 11 is 6.21. The first-order valence-electron chi connectivity index (χ1n) is 11.4. The molecule has 178 valence electrons. The zero-order valence-electron chi connectivity index (χ0n) is 19.4. The van der Waals surface area contributed by atoms with Crippen molar-refractivity contribution in [2.45, 2.75) is 39.7 Å². The third kappa shape index (κ3) is 7.32. The summed E-state index contributed by atoms with van der Waals surface area (Å²) in [5.41, 5.74) is 1.95. The zero-order chi connectivity index (χ0) is 22.9. The lowest BCUT2D eigenvalue weighted by molar-refractivity contribution is 0.0950. The van der Waals surface area contributed by atoms with Crippen LogP contribution in [0.1, 0.15) is 42.6 Å². The maximum Gasteiger partial charge on any atom is 0.256 e. The molecule has 0 saturated heterocycles. The van der Waals surface area contributed by atoms with Gasteiger partial charge in [0.1, 0.15) is 5.56 Å². The van der Waals surface area contributed by atoms with Crippen LogP contribution in [-0.4, -0.2) is 41.6 Å². The van der Waals surface area contributed by atoms with Gasteiger partial charge in [-0.1, -0.05) is 55.8 Å². The molecular weight excluding hydrogens is 457 g/mol. The number of nitrogens with zero attached hydrogens (tertiary/aromatic N) is 2. The Bertz CT molecular complexity index is 1100. The highest BCUT2D eigenvalue weighted by Crippen LogP contribution is 2.19. The molecule has 0 aliphatic carbocycles. The van der Waals surface area contributed by atoms with Crippen LogP contribution in [0.5, 0.6) is 0 Å². The fourth-order valence-corrected chi connectivity index (χ4v) is 4.11. The Kier molecular flexibility index (Phi) is 10.9. The summed E-state index contributed by atoms with van der Waals surface area (Å²) in [6.07, 6.45) is 4.34. The van der Waals surface area contributed by atoms with E-state index < -0.39 is 0 Å². The smallest absolute Gasteiger partial charge is 0.256 e. The minimum atomic E-state index is -0.316. The average molecular weight is 490 g/mol. The number of amides is 1. The van der Waals surface area contributed by atoms with Crippen LogP contribution < -0.4 is 10.7 Å². The first-order valence-corrected chi connectivity index (χ1v) is 11.8. The number of carbonyl (C=O) groups is 1. The Labute approximate surface area is 207 Å². The fourth-order valence-electron chi connectivity index (χ4n) is 3.95. The standard InChI is InChI=1S/C26H32ClN3O2.ClH/c1-3-29(4-2)16-9-15-28-26(32)23-19-30(17-8-12-20-10-6-5-7-11-20)24-18-21(27)13-14-22(24)25(23)31;/h5-7,10-11,13-14,18-19H,3-4,8-9,12,15-17H2,1-2H3,(H,28,32);1H. The average Bonchev–Trinajstić information content (AvgIpc) is 2.81. The van der Waals surface area contributed by atoms with Crippen molar-refractivity contribution in [1.29, 1.82) is 0 Å². The number of aromatic nitrogens is 1. The molecule has 1 amide bonds. The highest BCUT2D eigenvalue weighted by molar-refractivity contribution is 6.31. The molecule has 1 heterocycles. The number of benzene rings is 2. The predicted octanol–water partition coefficient (Wildman–Crippen LogP) is 5.17. The van der Waals surface area contributed by atoms with Gasteiger partial charge in [-0.15, -0.1) is 12.4 Å². The summed E-state index contributed by atoms with van der Waals surface area (Å²) in [7, 11) is 0. The molecule has 0 saturated carbocycles. The van der Waals surface area contributed by atoms with E-state index in [1.807, 2.05) is 22.8 Å². The van der Waals surface area contributed by atoms with E-state index in [2.05, 4.69) is 36.2 Å². The lowest BCUT2D eigenvalue weighted by Crippen LogP contribution is -2.33. The third-order valence-corrected chi connectivity index (χ3v) is 6.06. The Balaban J connectivity index is 0.00000385. The number of fused-ring (bicyclic) bond motifs is 1. The minimum Gasteiger partial charge on any atom is -0.352 e. The van der Waals surface area contributed by atoms with Crippen LogP contribution in [0.25, 0.3) is 10.9 Å². The Morgan fingerprint density at radius 3 is 2.48 bits per heavy atom. The lowest BCUT2D eigenvalue weighted by atomic mass is 10.1. The van der Waals surface area contributed by atoms with Gasteiger partial charge in [0.15, 0.2) is 0 Å². The molecule has 0 unspecified atom stereocenters. The number of hydrogen-bond donors (Lipinski definition) is 1. The summed E-state index contributed by atoms with van der Waals surface area (Å²) in [6.45, 7) is 8.40. The highest BCUT2D eigenvalue weighted by atomic mass is 35.5. The number of pyridine rings is 1. The molecule has 1 aromatic heterocycles. The van der Waals surface area contributed by atoms with Crippen LogP contribution >= 0.6 is 24.0 Å². The van der Waals surface area contributed by atoms with Crippen molar-refractivity contribution >= 4 is 40.8 Å². The summed E-state index contributed by atoms with van der Waals surface area (Å²) < 4.78 is 1.98. The first-order chi connectivity index (χ1) is 15.5. The largest absolute Gasteiger partial charge is 0.352 e. The van der Waals surface area contributed by atoms with Crippen molar-refractivity contribution < 1.29 is 4.79 Å². The van der Waals surface area contributed by atoms with E-state index in [-0.39, 0.29) is 29.3 Å². The van der Waals surface area contributed by atoms with Crippen LogP contribution in [0.4, 0.5) is 0 Å². The molecule has 5 nitrogen and oxygen atoms in total. The monoisotopic (exact) mass is 489 g/mol. The second-order valence-corrected chi connectivity index (χ2v) is 8.39. The molecule has 0 radical (unpaired) electrons. The van der Waals surface area contributed by atoms with E-state index in [0.717, 1.165) is 44.4 Å². The van der Waals surface area contributed by atoms with Crippen LogP contribution in [0.15, 0.2) is 59.5 Å². The topological polar surface area (TPSA) is 54.3 Å². The Morgan fingerprint density at radius 1 is 1.06 bits per heavy atom. The molecule has 0 aliphatic rings. The van der Waals surface area contributed by atoms with E-state index in [1.165, 1.54) is 5.56 Å². The van der Waals surface area contributed by atoms with E-state index >= 15 is 0 Å². The van der Waals surface area contributed by atoms with E-state index in [1.54, 1.807) is 24.4 Å². The van der Waals surface area contributed by atoms with Gasteiger partial charge in [-0.05, 0) is 62.7 Å². The van der Waals surface area contributed by atoms with Gasteiger partial charge in [0.25, 0.3) is 5.91 Å². The SMILES string of the molecule is CCN(CC)CCCNC(=O)c1cn(CCCc2ccccc2)c2cc(Cl)ccc2c1=O.Cl. The van der Waals surface area contributed by atoms with Crippen LogP contribution in [-0.2, 0) is 13.0 Å². The van der Waals surface area contributed by atoms with Gasteiger partial charge >= 0.3 is 0 Å². The van der Waals surface area contributed by atoms with Gasteiger partial charge in [0.2, 0.25) is 5.43 Å². The number of rotatable bonds is 11. The molecule has 0 aliphatic heterocycles. The van der Waals surface area contributed by atoms with Gasteiger partial charge < -0.3 is 14.8 Å². The highest BCUT2D eigenvalue weighted by Gasteiger charge is 2.15. The maximum atomic E-state index is 13.0. The van der Waals surface area contributed by atoms with Crippen LogP contribution in [0.2, 0.25) is 5.02 Å². The molecule has 7 heteroatoms.